The highest BCUT2D eigenvalue weighted by molar-refractivity contribution is 5.47. The largest absolute Gasteiger partial charge is 0.370 e. The molecule has 0 fully saturated rings. The fourth-order valence-corrected chi connectivity index (χ4v) is 2.27. The normalized spacial score (nSPS) is 12.2. The van der Waals surface area contributed by atoms with E-state index in [-0.39, 0.29) is 11.4 Å². The van der Waals surface area contributed by atoms with E-state index < -0.39 is 17.7 Å². The maximum Gasteiger partial charge on any atom is 0.163 e. The first-order chi connectivity index (χ1) is 10.0. The zero-order chi connectivity index (χ0) is 15.4. The van der Waals surface area contributed by atoms with Gasteiger partial charge in [-0.1, -0.05) is 24.3 Å². The number of nitrogens with one attached hydrogen (secondary N) is 1. The Kier molecular flexibility index (Phi) is 4.85. The Morgan fingerprint density at radius 2 is 1.67 bits per heavy atom. The van der Waals surface area contributed by atoms with Crippen molar-refractivity contribution in [2.75, 3.05) is 25.5 Å². The zero-order valence-corrected chi connectivity index (χ0v) is 11.9. The Hall–Kier alpha value is -2.01. The SMILES string of the molecule is CNC(CN(C)c1ccccc1F)c1cccc(F)c1F. The molecule has 0 spiro atoms. The molecule has 0 saturated heterocycles. The third-order valence-corrected chi connectivity index (χ3v) is 3.43. The van der Waals surface area contributed by atoms with E-state index in [0.717, 1.165) is 6.07 Å². The highest BCUT2D eigenvalue weighted by Gasteiger charge is 2.19. The summed E-state index contributed by atoms with van der Waals surface area (Å²) < 4.78 is 40.9. The molecule has 1 atom stereocenters. The molecule has 0 aromatic heterocycles. The van der Waals surface area contributed by atoms with Gasteiger partial charge < -0.3 is 10.2 Å². The van der Waals surface area contributed by atoms with Gasteiger partial charge in [0, 0.05) is 19.2 Å². The Balaban J connectivity index is 2.23. The summed E-state index contributed by atoms with van der Waals surface area (Å²) in [5, 5.41) is 2.94. The number of likely N-dealkylation sites (N-methyl/N-ethyl adjacent to an activating group) is 2. The van der Waals surface area contributed by atoms with Crippen LogP contribution in [-0.4, -0.2) is 20.6 Å². The molecule has 0 heterocycles. The topological polar surface area (TPSA) is 15.3 Å². The molecule has 1 unspecified atom stereocenters. The van der Waals surface area contributed by atoms with Gasteiger partial charge in [-0.3, -0.25) is 0 Å². The van der Waals surface area contributed by atoms with Crippen molar-refractivity contribution in [2.45, 2.75) is 6.04 Å². The first-order valence-corrected chi connectivity index (χ1v) is 6.61. The lowest BCUT2D eigenvalue weighted by atomic mass is 10.1. The second kappa shape index (κ2) is 6.63. The smallest absolute Gasteiger partial charge is 0.163 e. The molecule has 5 heteroatoms. The van der Waals surface area contributed by atoms with Crippen LogP contribution in [0.25, 0.3) is 0 Å². The molecule has 2 nitrogen and oxygen atoms in total. The van der Waals surface area contributed by atoms with E-state index in [9.17, 15) is 13.2 Å². The molecule has 1 N–H and O–H groups in total. The van der Waals surface area contributed by atoms with Crippen molar-refractivity contribution in [3.8, 4) is 0 Å². The minimum Gasteiger partial charge on any atom is -0.370 e. The maximum atomic E-state index is 13.9. The quantitative estimate of drug-likeness (QED) is 0.908. The number of anilines is 1. The summed E-state index contributed by atoms with van der Waals surface area (Å²) in [5.74, 6) is -2.12. The fraction of sp³-hybridized carbons (Fsp3) is 0.250. The van der Waals surface area contributed by atoms with Gasteiger partial charge in [-0.15, -0.1) is 0 Å². The van der Waals surface area contributed by atoms with E-state index in [4.69, 9.17) is 0 Å². The highest BCUT2D eigenvalue weighted by atomic mass is 19.2. The monoisotopic (exact) mass is 294 g/mol. The van der Waals surface area contributed by atoms with Gasteiger partial charge in [-0.05, 0) is 25.2 Å². The summed E-state index contributed by atoms with van der Waals surface area (Å²) in [4.78, 5) is 1.67. The first kappa shape index (κ1) is 15.4. The van der Waals surface area contributed by atoms with E-state index in [2.05, 4.69) is 5.32 Å². The predicted octanol–water partition coefficient (Wildman–Crippen LogP) is 3.50. The van der Waals surface area contributed by atoms with Gasteiger partial charge in [0.15, 0.2) is 11.6 Å². The Bertz CT molecular complexity index is 616. The van der Waals surface area contributed by atoms with E-state index >= 15 is 0 Å². The standard InChI is InChI=1S/C16H17F3N2/c1-20-14(11-6-5-8-13(18)16(11)19)10-21(2)15-9-4-3-7-12(15)17/h3-9,14,20H,10H2,1-2H3. The lowest BCUT2D eigenvalue weighted by Gasteiger charge is -2.26. The molecule has 0 bridgehead atoms. The van der Waals surface area contributed by atoms with Gasteiger partial charge in [-0.25, -0.2) is 13.2 Å². The van der Waals surface area contributed by atoms with Crippen LogP contribution in [0.4, 0.5) is 18.9 Å². The van der Waals surface area contributed by atoms with Crippen molar-refractivity contribution in [3.63, 3.8) is 0 Å². The fourth-order valence-electron chi connectivity index (χ4n) is 2.27. The predicted molar refractivity (Wildman–Crippen MR) is 77.8 cm³/mol. The van der Waals surface area contributed by atoms with Gasteiger partial charge in [0.05, 0.1) is 11.7 Å². The van der Waals surface area contributed by atoms with Crippen molar-refractivity contribution >= 4 is 5.69 Å². The van der Waals surface area contributed by atoms with E-state index in [1.54, 1.807) is 37.2 Å². The van der Waals surface area contributed by atoms with E-state index in [0.29, 0.717) is 12.2 Å². The molecule has 0 aliphatic rings. The second-order valence-electron chi connectivity index (χ2n) is 4.82. The van der Waals surface area contributed by atoms with E-state index in [1.807, 2.05) is 0 Å². The molecule has 0 aliphatic heterocycles. The third-order valence-electron chi connectivity index (χ3n) is 3.43. The highest BCUT2D eigenvalue weighted by Crippen LogP contribution is 2.23. The average molecular weight is 294 g/mol. The average Bonchev–Trinajstić information content (AvgIpc) is 2.48. The van der Waals surface area contributed by atoms with Crippen LogP contribution in [0.5, 0.6) is 0 Å². The Labute approximate surface area is 122 Å². The number of halogens is 3. The molecule has 0 aliphatic carbocycles. The van der Waals surface area contributed by atoms with Gasteiger partial charge in [0.1, 0.15) is 5.82 Å². The summed E-state index contributed by atoms with van der Waals surface area (Å²) in [6.07, 6.45) is 0. The molecule has 0 amide bonds. The van der Waals surface area contributed by atoms with Gasteiger partial charge >= 0.3 is 0 Å². The molecule has 2 rings (SSSR count). The van der Waals surface area contributed by atoms with Gasteiger partial charge in [0.2, 0.25) is 0 Å². The van der Waals surface area contributed by atoms with Gasteiger partial charge in [-0.2, -0.15) is 0 Å². The maximum absolute atomic E-state index is 13.9. The lowest BCUT2D eigenvalue weighted by molar-refractivity contribution is 0.473. The molecule has 2 aromatic rings. The summed E-state index contributed by atoms with van der Waals surface area (Å²) in [7, 11) is 3.37. The Morgan fingerprint density at radius 3 is 2.33 bits per heavy atom. The van der Waals surface area contributed by atoms with Crippen LogP contribution < -0.4 is 10.2 Å². The summed E-state index contributed by atoms with van der Waals surface area (Å²) in [6, 6.07) is 9.94. The molecular formula is C16H17F3N2. The first-order valence-electron chi connectivity index (χ1n) is 6.61. The van der Waals surface area contributed by atoms with Gasteiger partial charge in [0.25, 0.3) is 0 Å². The minimum absolute atomic E-state index is 0.223. The lowest BCUT2D eigenvalue weighted by Crippen LogP contribution is -2.32. The zero-order valence-electron chi connectivity index (χ0n) is 11.9. The third kappa shape index (κ3) is 3.36. The van der Waals surface area contributed by atoms with Crippen molar-refractivity contribution in [1.82, 2.24) is 5.32 Å². The molecular weight excluding hydrogens is 277 g/mol. The van der Waals surface area contributed by atoms with Crippen LogP contribution >= 0.6 is 0 Å². The molecule has 0 radical (unpaired) electrons. The van der Waals surface area contributed by atoms with Crippen LogP contribution in [0, 0.1) is 17.5 Å². The van der Waals surface area contributed by atoms with Crippen LogP contribution in [0.3, 0.4) is 0 Å². The number of nitrogens with zero attached hydrogens (tertiary/aromatic N) is 1. The van der Waals surface area contributed by atoms with Crippen LogP contribution in [0.15, 0.2) is 42.5 Å². The molecule has 0 saturated carbocycles. The van der Waals surface area contributed by atoms with Crippen molar-refractivity contribution in [2.24, 2.45) is 0 Å². The number of hydrogen-bond donors (Lipinski definition) is 1. The Morgan fingerprint density at radius 1 is 1.00 bits per heavy atom. The summed E-state index contributed by atoms with van der Waals surface area (Å²) in [5.41, 5.74) is 0.634. The van der Waals surface area contributed by atoms with Crippen LogP contribution in [-0.2, 0) is 0 Å². The second-order valence-corrected chi connectivity index (χ2v) is 4.82. The van der Waals surface area contributed by atoms with Crippen molar-refractivity contribution in [1.29, 1.82) is 0 Å². The molecule has 21 heavy (non-hydrogen) atoms. The summed E-state index contributed by atoms with van der Waals surface area (Å²) in [6.45, 7) is 0.303. The summed E-state index contributed by atoms with van der Waals surface area (Å²) >= 11 is 0. The number of hydrogen-bond acceptors (Lipinski definition) is 2. The number of benzene rings is 2. The van der Waals surface area contributed by atoms with Crippen LogP contribution in [0.2, 0.25) is 0 Å². The van der Waals surface area contributed by atoms with E-state index in [1.165, 1.54) is 18.2 Å². The van der Waals surface area contributed by atoms with Crippen molar-refractivity contribution in [3.05, 3.63) is 65.5 Å². The molecule has 2 aromatic carbocycles. The van der Waals surface area contributed by atoms with Crippen molar-refractivity contribution < 1.29 is 13.2 Å². The molecule has 112 valence electrons. The minimum atomic E-state index is -0.888. The number of para-hydroxylation sites is 1. The number of rotatable bonds is 5. The van der Waals surface area contributed by atoms with Crippen LogP contribution in [0.1, 0.15) is 11.6 Å².